The number of aromatic nitrogens is 2. The van der Waals surface area contributed by atoms with Crippen LogP contribution in [0.15, 0.2) is 93.1 Å². The molecule has 0 radical (unpaired) electrons. The van der Waals surface area contributed by atoms with Gasteiger partial charge in [0.1, 0.15) is 0 Å². The topological polar surface area (TPSA) is 105 Å². The zero-order valence-corrected chi connectivity index (χ0v) is 22.4. The Labute approximate surface area is 221 Å². The molecule has 1 N–H and O–H groups in total. The number of benzene rings is 3. The van der Waals surface area contributed by atoms with Crippen LogP contribution in [0.25, 0.3) is 0 Å². The fraction of sp³-hybridized carbons (Fsp3) is 0.222. The lowest BCUT2D eigenvalue weighted by molar-refractivity contribution is 0.102. The van der Waals surface area contributed by atoms with Gasteiger partial charge in [0.05, 0.1) is 17.0 Å². The van der Waals surface area contributed by atoms with Crippen LogP contribution in [0.5, 0.6) is 0 Å². The lowest BCUT2D eigenvalue weighted by Crippen LogP contribution is -2.30. The molecule has 4 aromatic rings. The average Bonchev–Trinajstić information content (AvgIpc) is 3.32. The standard InChI is InChI=1S/C27H28N4O4S2/c1-4-31(22-8-6-5-7-9-22)37(33,34)24-16-12-21(13-17-24)26(32)28-27-30-29-25(35-27)18-20-10-14-23(15-11-20)36-19(2)3/h5-17,19H,4,18H2,1-3H3,(H,28,30,32). The van der Waals surface area contributed by atoms with E-state index < -0.39 is 15.9 Å². The predicted octanol–water partition coefficient (Wildman–Crippen LogP) is 5.63. The molecule has 0 saturated carbocycles. The van der Waals surface area contributed by atoms with Crippen molar-refractivity contribution in [2.75, 3.05) is 16.2 Å². The second kappa shape index (κ2) is 11.6. The molecule has 0 unspecified atom stereocenters. The number of sulfonamides is 1. The lowest BCUT2D eigenvalue weighted by Gasteiger charge is -2.22. The summed E-state index contributed by atoms with van der Waals surface area (Å²) in [6, 6.07) is 22.7. The van der Waals surface area contributed by atoms with Gasteiger partial charge in [-0.25, -0.2) is 8.42 Å². The maximum Gasteiger partial charge on any atom is 0.322 e. The normalized spacial score (nSPS) is 11.5. The molecule has 10 heteroatoms. The monoisotopic (exact) mass is 536 g/mol. The van der Waals surface area contributed by atoms with Crippen LogP contribution in [0.1, 0.15) is 42.6 Å². The molecule has 0 aliphatic carbocycles. The predicted molar refractivity (Wildman–Crippen MR) is 146 cm³/mol. The number of para-hydroxylation sites is 1. The molecule has 3 aromatic carbocycles. The molecule has 0 atom stereocenters. The first-order chi connectivity index (χ1) is 17.8. The van der Waals surface area contributed by atoms with Crippen LogP contribution in [0, 0.1) is 0 Å². The third-order valence-electron chi connectivity index (χ3n) is 5.37. The van der Waals surface area contributed by atoms with Crippen LogP contribution in [0.3, 0.4) is 0 Å². The van der Waals surface area contributed by atoms with Crippen molar-refractivity contribution < 1.29 is 17.6 Å². The van der Waals surface area contributed by atoms with Crippen molar-refractivity contribution in [3.8, 4) is 0 Å². The van der Waals surface area contributed by atoms with Gasteiger partial charge in [0.2, 0.25) is 5.89 Å². The molecule has 192 valence electrons. The van der Waals surface area contributed by atoms with Gasteiger partial charge in [0, 0.05) is 22.3 Å². The van der Waals surface area contributed by atoms with Gasteiger partial charge in [-0.2, -0.15) is 0 Å². The molecule has 0 aliphatic rings. The Morgan fingerprint density at radius 1 is 0.973 bits per heavy atom. The first-order valence-electron chi connectivity index (χ1n) is 11.8. The second-order valence-corrected chi connectivity index (χ2v) is 12.0. The van der Waals surface area contributed by atoms with Crippen molar-refractivity contribution in [2.24, 2.45) is 0 Å². The van der Waals surface area contributed by atoms with Crippen molar-refractivity contribution in [3.63, 3.8) is 0 Å². The number of hydrogen-bond donors (Lipinski definition) is 1. The van der Waals surface area contributed by atoms with E-state index in [9.17, 15) is 13.2 Å². The van der Waals surface area contributed by atoms with E-state index >= 15 is 0 Å². The van der Waals surface area contributed by atoms with E-state index in [1.807, 2.05) is 18.2 Å². The summed E-state index contributed by atoms with van der Waals surface area (Å²) in [5.74, 6) is -0.105. The molecular formula is C27H28N4O4S2. The highest BCUT2D eigenvalue weighted by Crippen LogP contribution is 2.25. The van der Waals surface area contributed by atoms with Gasteiger partial charge in [-0.1, -0.05) is 49.3 Å². The van der Waals surface area contributed by atoms with Crippen LogP contribution in [0.2, 0.25) is 0 Å². The Kier molecular flexibility index (Phi) is 8.30. The molecule has 1 amide bonds. The molecule has 37 heavy (non-hydrogen) atoms. The molecule has 0 spiro atoms. The highest BCUT2D eigenvalue weighted by atomic mass is 32.2. The zero-order valence-electron chi connectivity index (χ0n) is 20.8. The van der Waals surface area contributed by atoms with E-state index in [4.69, 9.17) is 4.42 Å². The Morgan fingerprint density at radius 3 is 2.27 bits per heavy atom. The first kappa shape index (κ1) is 26.4. The molecule has 1 aromatic heterocycles. The first-order valence-corrected chi connectivity index (χ1v) is 14.2. The second-order valence-electron chi connectivity index (χ2n) is 8.47. The van der Waals surface area contributed by atoms with Crippen LogP contribution < -0.4 is 9.62 Å². The summed E-state index contributed by atoms with van der Waals surface area (Å²) in [5.41, 5.74) is 1.85. The number of nitrogens with one attached hydrogen (secondary N) is 1. The maximum absolute atomic E-state index is 13.1. The van der Waals surface area contributed by atoms with E-state index in [0.717, 1.165) is 5.56 Å². The summed E-state index contributed by atoms with van der Waals surface area (Å²) in [6.07, 6.45) is 0.442. The van der Waals surface area contributed by atoms with E-state index in [0.29, 0.717) is 23.2 Å². The SMILES string of the molecule is CCN(c1ccccc1)S(=O)(=O)c1ccc(C(=O)Nc2nnc(Cc3ccc(SC(C)C)cc3)o2)cc1. The van der Waals surface area contributed by atoms with Crippen LogP contribution >= 0.6 is 11.8 Å². The van der Waals surface area contributed by atoms with E-state index in [1.165, 1.54) is 33.5 Å². The van der Waals surface area contributed by atoms with Gasteiger partial charge in [-0.3, -0.25) is 14.4 Å². The summed E-state index contributed by atoms with van der Waals surface area (Å²) in [5, 5.41) is 11.0. The molecule has 8 nitrogen and oxygen atoms in total. The van der Waals surface area contributed by atoms with Gasteiger partial charge >= 0.3 is 6.01 Å². The van der Waals surface area contributed by atoms with E-state index in [1.54, 1.807) is 43.0 Å². The fourth-order valence-corrected chi connectivity index (χ4v) is 5.98. The van der Waals surface area contributed by atoms with Crippen molar-refractivity contribution >= 4 is 39.4 Å². The maximum atomic E-state index is 13.1. The molecule has 4 rings (SSSR count). The molecule has 1 heterocycles. The van der Waals surface area contributed by atoms with Crippen molar-refractivity contribution in [3.05, 3.63) is 95.9 Å². The Hall–Kier alpha value is -3.63. The minimum atomic E-state index is -3.78. The fourth-order valence-electron chi connectivity index (χ4n) is 3.67. The smallest absolute Gasteiger partial charge is 0.322 e. The van der Waals surface area contributed by atoms with Gasteiger partial charge in [-0.15, -0.1) is 16.9 Å². The van der Waals surface area contributed by atoms with Crippen LogP contribution in [-0.2, 0) is 16.4 Å². The van der Waals surface area contributed by atoms with Gasteiger partial charge in [-0.05, 0) is 61.0 Å². The Balaban J connectivity index is 1.40. The minimum Gasteiger partial charge on any atom is -0.407 e. The molecule has 0 saturated heterocycles. The molecule has 0 aliphatic heterocycles. The number of thioether (sulfide) groups is 1. The number of nitrogens with zero attached hydrogens (tertiary/aromatic N) is 3. The van der Waals surface area contributed by atoms with Crippen LogP contribution in [0.4, 0.5) is 11.7 Å². The molecule has 0 fully saturated rings. The Morgan fingerprint density at radius 2 is 1.65 bits per heavy atom. The van der Waals surface area contributed by atoms with Crippen molar-refractivity contribution in [1.29, 1.82) is 0 Å². The van der Waals surface area contributed by atoms with E-state index in [-0.39, 0.29) is 23.0 Å². The zero-order chi connectivity index (χ0) is 26.4. The average molecular weight is 537 g/mol. The third kappa shape index (κ3) is 6.58. The summed E-state index contributed by atoms with van der Waals surface area (Å²) in [4.78, 5) is 14.0. The lowest BCUT2D eigenvalue weighted by atomic mass is 10.1. The minimum absolute atomic E-state index is 0.0232. The van der Waals surface area contributed by atoms with Gasteiger partial charge < -0.3 is 4.42 Å². The van der Waals surface area contributed by atoms with Gasteiger partial charge in [0.25, 0.3) is 15.9 Å². The summed E-state index contributed by atoms with van der Waals surface area (Å²) >= 11 is 1.79. The third-order valence-corrected chi connectivity index (χ3v) is 8.31. The van der Waals surface area contributed by atoms with Crippen molar-refractivity contribution in [1.82, 2.24) is 10.2 Å². The number of rotatable bonds is 10. The summed E-state index contributed by atoms with van der Waals surface area (Å²) < 4.78 is 33.2. The highest BCUT2D eigenvalue weighted by Gasteiger charge is 2.24. The number of amides is 1. The number of hydrogen-bond acceptors (Lipinski definition) is 7. The number of anilines is 2. The van der Waals surface area contributed by atoms with E-state index in [2.05, 4.69) is 41.5 Å². The Bertz CT molecular complexity index is 1440. The van der Waals surface area contributed by atoms with Gasteiger partial charge in [0.15, 0.2) is 0 Å². The number of carbonyl (C=O) groups excluding carboxylic acids is 1. The number of carbonyl (C=O) groups is 1. The van der Waals surface area contributed by atoms with Crippen LogP contribution in [-0.4, -0.2) is 36.3 Å². The summed E-state index contributed by atoms with van der Waals surface area (Å²) in [7, 11) is -3.78. The molecular weight excluding hydrogens is 508 g/mol. The quantitative estimate of drug-likeness (QED) is 0.262. The largest absolute Gasteiger partial charge is 0.407 e. The molecule has 0 bridgehead atoms. The highest BCUT2D eigenvalue weighted by molar-refractivity contribution is 7.99. The van der Waals surface area contributed by atoms with Crippen molar-refractivity contribution in [2.45, 2.75) is 42.2 Å². The summed E-state index contributed by atoms with van der Waals surface area (Å²) in [6.45, 7) is 6.34.